The van der Waals surface area contributed by atoms with Gasteiger partial charge >= 0.3 is 6.09 Å². The molecule has 138 valence electrons. The number of hydrogen-bond donors (Lipinski definition) is 0. The molecule has 0 bridgehead atoms. The fourth-order valence-corrected chi connectivity index (χ4v) is 5.70. The number of pyridine rings is 1. The molecule has 3 rings (SSSR count). The van der Waals surface area contributed by atoms with Gasteiger partial charge in [-0.2, -0.15) is 0 Å². The van der Waals surface area contributed by atoms with Crippen molar-refractivity contribution in [1.82, 2.24) is 14.2 Å². The summed E-state index contributed by atoms with van der Waals surface area (Å²) in [5.74, 6) is 0.399. The highest BCUT2D eigenvalue weighted by atomic mass is 32.2. The van der Waals surface area contributed by atoms with E-state index in [9.17, 15) is 13.2 Å². The summed E-state index contributed by atoms with van der Waals surface area (Å²) in [7, 11) is -1.96. The number of nitrogens with zero attached hydrogens (tertiary/aromatic N) is 3. The van der Waals surface area contributed by atoms with Crippen LogP contribution in [0, 0.1) is 0 Å². The van der Waals surface area contributed by atoms with E-state index in [-0.39, 0.29) is 6.09 Å². The molecule has 2 aliphatic rings. The Morgan fingerprint density at radius 2 is 1.68 bits per heavy atom. The van der Waals surface area contributed by atoms with Crippen molar-refractivity contribution in [2.75, 3.05) is 33.3 Å². The molecule has 0 atom stereocenters. The van der Waals surface area contributed by atoms with Gasteiger partial charge in [0.1, 0.15) is 0 Å². The lowest BCUT2D eigenvalue weighted by Crippen LogP contribution is -2.48. The van der Waals surface area contributed by atoms with Gasteiger partial charge in [-0.25, -0.2) is 17.5 Å². The lowest BCUT2D eigenvalue weighted by atomic mass is 9.91. The second-order valence-corrected chi connectivity index (χ2v) is 8.87. The van der Waals surface area contributed by atoms with Gasteiger partial charge in [0.2, 0.25) is 10.0 Å². The summed E-state index contributed by atoms with van der Waals surface area (Å²) in [4.78, 5) is 17.1. The van der Waals surface area contributed by atoms with Crippen molar-refractivity contribution in [3.8, 4) is 0 Å². The number of likely N-dealkylation sites (tertiary alicyclic amines) is 1. The van der Waals surface area contributed by atoms with Crippen molar-refractivity contribution in [3.05, 3.63) is 30.1 Å². The predicted octanol–water partition coefficient (Wildman–Crippen LogP) is 1.82. The first-order chi connectivity index (χ1) is 12.0. The summed E-state index contributed by atoms with van der Waals surface area (Å²) in [6.07, 6.45) is 5.81. The molecule has 1 aromatic heterocycles. The van der Waals surface area contributed by atoms with Gasteiger partial charge in [0, 0.05) is 38.6 Å². The van der Waals surface area contributed by atoms with Crippen LogP contribution in [0.1, 0.15) is 37.2 Å². The van der Waals surface area contributed by atoms with Crippen molar-refractivity contribution in [2.45, 2.75) is 36.9 Å². The van der Waals surface area contributed by atoms with Crippen LogP contribution < -0.4 is 0 Å². The van der Waals surface area contributed by atoms with E-state index < -0.39 is 15.3 Å². The molecule has 7 nitrogen and oxygen atoms in total. The van der Waals surface area contributed by atoms with E-state index in [0.29, 0.717) is 44.9 Å². The molecule has 0 N–H and O–H groups in total. The van der Waals surface area contributed by atoms with Crippen molar-refractivity contribution < 1.29 is 17.9 Å². The van der Waals surface area contributed by atoms with E-state index >= 15 is 0 Å². The maximum atomic E-state index is 12.9. The topological polar surface area (TPSA) is 79.8 Å². The molecule has 8 heteroatoms. The Labute approximate surface area is 149 Å². The van der Waals surface area contributed by atoms with Crippen LogP contribution in [0.4, 0.5) is 4.79 Å². The van der Waals surface area contributed by atoms with Gasteiger partial charge in [-0.1, -0.05) is 0 Å². The molecule has 2 fully saturated rings. The molecular formula is C17H25N3O4S. The molecule has 2 aliphatic heterocycles. The van der Waals surface area contributed by atoms with Crippen LogP contribution in [0.15, 0.2) is 24.5 Å². The number of hydrogen-bond acceptors (Lipinski definition) is 5. The first-order valence-electron chi connectivity index (χ1n) is 8.74. The molecule has 2 saturated heterocycles. The maximum Gasteiger partial charge on any atom is 0.409 e. The minimum absolute atomic E-state index is 0.381. The molecule has 0 radical (unpaired) electrons. The highest BCUT2D eigenvalue weighted by molar-refractivity contribution is 7.89. The molecule has 0 saturated carbocycles. The zero-order valence-electron chi connectivity index (χ0n) is 14.5. The number of rotatable bonds is 3. The Morgan fingerprint density at radius 1 is 1.08 bits per heavy atom. The van der Waals surface area contributed by atoms with E-state index in [4.69, 9.17) is 4.74 Å². The van der Waals surface area contributed by atoms with E-state index in [1.54, 1.807) is 21.6 Å². The average Bonchev–Trinajstić information content (AvgIpc) is 2.68. The van der Waals surface area contributed by atoms with Crippen LogP contribution in [-0.4, -0.2) is 67.2 Å². The van der Waals surface area contributed by atoms with Gasteiger partial charge in [0.15, 0.2) is 0 Å². The van der Waals surface area contributed by atoms with Crippen molar-refractivity contribution in [1.29, 1.82) is 0 Å². The van der Waals surface area contributed by atoms with E-state index in [1.807, 2.05) is 12.1 Å². The van der Waals surface area contributed by atoms with Crippen LogP contribution in [-0.2, 0) is 14.8 Å². The number of carbonyl (C=O) groups excluding carboxylic acids is 1. The van der Waals surface area contributed by atoms with Crippen molar-refractivity contribution >= 4 is 16.1 Å². The number of methoxy groups -OCH3 is 1. The molecule has 25 heavy (non-hydrogen) atoms. The quantitative estimate of drug-likeness (QED) is 0.814. The molecule has 3 heterocycles. The molecule has 0 aliphatic carbocycles. The predicted molar refractivity (Wildman–Crippen MR) is 93.7 cm³/mol. The Bertz CT molecular complexity index is 679. The summed E-state index contributed by atoms with van der Waals surface area (Å²) in [5, 5.41) is -0.397. The number of ether oxygens (including phenoxy) is 1. The molecule has 1 amide bonds. The van der Waals surface area contributed by atoms with Crippen LogP contribution in [0.3, 0.4) is 0 Å². The van der Waals surface area contributed by atoms with Gasteiger partial charge in [0.05, 0.1) is 12.4 Å². The van der Waals surface area contributed by atoms with Gasteiger partial charge in [-0.15, -0.1) is 0 Å². The standard InChI is InChI=1S/C17H25N3O4S/c1-24-17(21)19-10-6-16(7-11-19)25(22,23)20-12-4-15(5-13-20)14-2-8-18-9-3-14/h2-3,8-9,15-16H,4-7,10-13H2,1H3. The number of carbonyl (C=O) groups is 1. The van der Waals surface area contributed by atoms with Crippen molar-refractivity contribution in [3.63, 3.8) is 0 Å². The highest BCUT2D eigenvalue weighted by Crippen LogP contribution is 2.31. The second kappa shape index (κ2) is 7.70. The van der Waals surface area contributed by atoms with Gasteiger partial charge in [-0.3, -0.25) is 4.98 Å². The van der Waals surface area contributed by atoms with E-state index in [2.05, 4.69) is 4.98 Å². The zero-order chi connectivity index (χ0) is 17.9. The monoisotopic (exact) mass is 367 g/mol. The largest absolute Gasteiger partial charge is 0.453 e. The third kappa shape index (κ3) is 3.95. The first kappa shape index (κ1) is 18.1. The molecule has 0 unspecified atom stereocenters. The summed E-state index contributed by atoms with van der Waals surface area (Å²) in [6.45, 7) is 1.99. The second-order valence-electron chi connectivity index (χ2n) is 6.66. The zero-order valence-corrected chi connectivity index (χ0v) is 15.3. The Kier molecular flexibility index (Phi) is 5.58. The fourth-order valence-electron chi connectivity index (χ4n) is 3.76. The Hall–Kier alpha value is -1.67. The van der Waals surface area contributed by atoms with Gasteiger partial charge in [-0.05, 0) is 49.3 Å². The van der Waals surface area contributed by atoms with Crippen LogP contribution in [0.2, 0.25) is 0 Å². The van der Waals surface area contributed by atoms with E-state index in [1.165, 1.54) is 12.7 Å². The third-order valence-electron chi connectivity index (χ3n) is 5.29. The number of piperidine rings is 2. The van der Waals surface area contributed by atoms with E-state index in [0.717, 1.165) is 12.8 Å². The molecule has 1 aromatic rings. The summed E-state index contributed by atoms with van der Waals surface area (Å²) >= 11 is 0. The molecule has 0 spiro atoms. The highest BCUT2D eigenvalue weighted by Gasteiger charge is 2.37. The molecular weight excluding hydrogens is 342 g/mol. The minimum atomic E-state index is -3.30. The average molecular weight is 367 g/mol. The van der Waals surface area contributed by atoms with Crippen LogP contribution in [0.25, 0.3) is 0 Å². The smallest absolute Gasteiger partial charge is 0.409 e. The lowest BCUT2D eigenvalue weighted by Gasteiger charge is -2.36. The SMILES string of the molecule is COC(=O)N1CCC(S(=O)(=O)N2CCC(c3ccncc3)CC2)CC1. The number of sulfonamides is 1. The molecule has 0 aromatic carbocycles. The Morgan fingerprint density at radius 3 is 2.24 bits per heavy atom. The minimum Gasteiger partial charge on any atom is -0.453 e. The van der Waals surface area contributed by atoms with Crippen LogP contribution >= 0.6 is 0 Å². The maximum absolute atomic E-state index is 12.9. The normalized spacial score (nSPS) is 21.2. The first-order valence-corrected chi connectivity index (χ1v) is 10.2. The van der Waals surface area contributed by atoms with Gasteiger partial charge in [0.25, 0.3) is 0 Å². The van der Waals surface area contributed by atoms with Crippen molar-refractivity contribution in [2.24, 2.45) is 0 Å². The number of amides is 1. The summed E-state index contributed by atoms with van der Waals surface area (Å²) in [6, 6.07) is 4.02. The lowest BCUT2D eigenvalue weighted by molar-refractivity contribution is 0.115. The van der Waals surface area contributed by atoms with Crippen LogP contribution in [0.5, 0.6) is 0 Å². The fraction of sp³-hybridized carbons (Fsp3) is 0.647. The summed E-state index contributed by atoms with van der Waals surface area (Å²) < 4.78 is 32.2. The number of aromatic nitrogens is 1. The third-order valence-corrected chi connectivity index (χ3v) is 7.69. The van der Waals surface area contributed by atoms with Gasteiger partial charge < -0.3 is 9.64 Å². The Balaban J connectivity index is 1.56. The summed E-state index contributed by atoms with van der Waals surface area (Å²) in [5.41, 5.74) is 1.23.